The van der Waals surface area contributed by atoms with E-state index in [1.54, 1.807) is 0 Å². The maximum atomic E-state index is 8.67. The predicted molar refractivity (Wildman–Crippen MR) is 69.6 cm³/mol. The highest BCUT2D eigenvalue weighted by molar-refractivity contribution is 5.45. The van der Waals surface area contributed by atoms with Gasteiger partial charge in [0.25, 0.3) is 0 Å². The first kappa shape index (κ1) is 11.9. The second-order valence-corrected chi connectivity index (χ2v) is 4.82. The molecule has 0 atom stereocenters. The van der Waals surface area contributed by atoms with Crippen molar-refractivity contribution in [2.24, 2.45) is 0 Å². The molecular formula is C14H19N3. The fraction of sp³-hybridized carbons (Fsp3) is 0.500. The van der Waals surface area contributed by atoms with E-state index in [1.165, 1.54) is 11.1 Å². The highest BCUT2D eigenvalue weighted by Gasteiger charge is 2.21. The van der Waals surface area contributed by atoms with E-state index in [1.807, 2.05) is 6.07 Å². The number of nitrogen functional groups attached to an aromatic ring is 1. The van der Waals surface area contributed by atoms with Crippen molar-refractivity contribution in [1.29, 1.82) is 5.26 Å². The van der Waals surface area contributed by atoms with Gasteiger partial charge in [0.05, 0.1) is 12.6 Å². The van der Waals surface area contributed by atoms with Crippen LogP contribution in [0.4, 0.5) is 5.69 Å². The molecule has 1 saturated heterocycles. The second-order valence-electron chi connectivity index (χ2n) is 4.82. The summed E-state index contributed by atoms with van der Waals surface area (Å²) in [4.78, 5) is 2.23. The second kappa shape index (κ2) is 5.20. The van der Waals surface area contributed by atoms with Gasteiger partial charge in [-0.1, -0.05) is 6.07 Å². The Morgan fingerprint density at radius 1 is 1.41 bits per heavy atom. The molecule has 1 aromatic rings. The van der Waals surface area contributed by atoms with E-state index in [2.05, 4.69) is 30.0 Å². The van der Waals surface area contributed by atoms with Gasteiger partial charge in [0, 0.05) is 5.69 Å². The van der Waals surface area contributed by atoms with E-state index in [0.717, 1.165) is 31.6 Å². The lowest BCUT2D eigenvalue weighted by Gasteiger charge is -2.31. The van der Waals surface area contributed by atoms with Gasteiger partial charge in [0.1, 0.15) is 0 Å². The van der Waals surface area contributed by atoms with Gasteiger partial charge in [-0.05, 0) is 62.0 Å². The molecular weight excluding hydrogens is 210 g/mol. The molecule has 0 unspecified atom stereocenters. The zero-order valence-corrected chi connectivity index (χ0v) is 10.3. The van der Waals surface area contributed by atoms with Crippen LogP contribution < -0.4 is 5.73 Å². The Bertz CT molecular complexity index is 426. The largest absolute Gasteiger partial charge is 0.399 e. The molecule has 1 heterocycles. The fourth-order valence-corrected chi connectivity index (χ4v) is 2.66. The minimum Gasteiger partial charge on any atom is -0.399 e. The first-order chi connectivity index (χ1) is 8.20. The van der Waals surface area contributed by atoms with Gasteiger partial charge >= 0.3 is 0 Å². The first-order valence-electron chi connectivity index (χ1n) is 6.16. The molecule has 2 rings (SSSR count). The van der Waals surface area contributed by atoms with Crippen LogP contribution in [0.5, 0.6) is 0 Å². The van der Waals surface area contributed by atoms with Gasteiger partial charge in [-0.2, -0.15) is 5.26 Å². The summed E-state index contributed by atoms with van der Waals surface area (Å²) in [5.74, 6) is 0.630. The lowest BCUT2D eigenvalue weighted by molar-refractivity contribution is 0.234. The van der Waals surface area contributed by atoms with Gasteiger partial charge in [-0.3, -0.25) is 4.90 Å². The molecule has 1 aromatic carbocycles. The van der Waals surface area contributed by atoms with Crippen molar-refractivity contribution in [3.05, 3.63) is 29.3 Å². The fourth-order valence-electron chi connectivity index (χ4n) is 2.66. The van der Waals surface area contributed by atoms with Crippen LogP contribution in [0.1, 0.15) is 29.9 Å². The van der Waals surface area contributed by atoms with Crippen LogP contribution in [0.2, 0.25) is 0 Å². The van der Waals surface area contributed by atoms with Crippen LogP contribution in [0.25, 0.3) is 0 Å². The summed E-state index contributed by atoms with van der Waals surface area (Å²) in [5, 5.41) is 8.67. The normalized spacial score (nSPS) is 17.9. The van der Waals surface area contributed by atoms with Crippen molar-refractivity contribution in [2.75, 3.05) is 25.4 Å². The summed E-state index contributed by atoms with van der Waals surface area (Å²) in [6.45, 7) is 4.75. The SMILES string of the molecule is Cc1cc(N)ccc1C1CCN(CC#N)CC1. The van der Waals surface area contributed by atoms with E-state index in [0.29, 0.717) is 12.5 Å². The molecule has 1 fully saturated rings. The number of nitrogens with two attached hydrogens (primary N) is 1. The summed E-state index contributed by atoms with van der Waals surface area (Å²) in [5.41, 5.74) is 9.34. The summed E-state index contributed by atoms with van der Waals surface area (Å²) in [7, 11) is 0. The monoisotopic (exact) mass is 229 g/mol. The zero-order chi connectivity index (χ0) is 12.3. The third-order valence-corrected chi connectivity index (χ3v) is 3.62. The van der Waals surface area contributed by atoms with Crippen molar-refractivity contribution < 1.29 is 0 Å². The number of likely N-dealkylation sites (tertiary alicyclic amines) is 1. The molecule has 0 spiro atoms. The first-order valence-corrected chi connectivity index (χ1v) is 6.16. The van der Waals surface area contributed by atoms with E-state index in [9.17, 15) is 0 Å². The molecule has 0 saturated carbocycles. The molecule has 3 heteroatoms. The Hall–Kier alpha value is -1.53. The lowest BCUT2D eigenvalue weighted by Crippen LogP contribution is -2.33. The number of hydrogen-bond acceptors (Lipinski definition) is 3. The molecule has 3 nitrogen and oxygen atoms in total. The third-order valence-electron chi connectivity index (χ3n) is 3.62. The number of benzene rings is 1. The van der Waals surface area contributed by atoms with Gasteiger partial charge < -0.3 is 5.73 Å². The number of rotatable bonds is 2. The van der Waals surface area contributed by atoms with E-state index >= 15 is 0 Å². The Morgan fingerprint density at radius 3 is 2.71 bits per heavy atom. The lowest BCUT2D eigenvalue weighted by atomic mass is 9.87. The summed E-state index contributed by atoms with van der Waals surface area (Å²) in [6, 6.07) is 8.42. The van der Waals surface area contributed by atoms with Crippen LogP contribution >= 0.6 is 0 Å². The van der Waals surface area contributed by atoms with Crippen molar-refractivity contribution in [3.8, 4) is 6.07 Å². The molecule has 0 amide bonds. The number of nitriles is 1. The maximum Gasteiger partial charge on any atom is 0.0865 e. The van der Waals surface area contributed by atoms with E-state index in [-0.39, 0.29) is 0 Å². The zero-order valence-electron chi connectivity index (χ0n) is 10.3. The molecule has 1 aliphatic heterocycles. The number of piperidine rings is 1. The minimum atomic E-state index is 0.563. The van der Waals surface area contributed by atoms with Gasteiger partial charge in [0.15, 0.2) is 0 Å². The van der Waals surface area contributed by atoms with Gasteiger partial charge in [0.2, 0.25) is 0 Å². The molecule has 1 aliphatic rings. The maximum absolute atomic E-state index is 8.67. The Labute approximate surface area is 103 Å². The number of aryl methyl sites for hydroxylation is 1. The standard InChI is InChI=1S/C14H19N3/c1-11-10-13(16)2-3-14(11)12-4-7-17(8-5-12)9-6-15/h2-3,10,12H,4-5,7-9,16H2,1H3. The predicted octanol–water partition coefficient (Wildman–Crippen LogP) is 2.28. The van der Waals surface area contributed by atoms with Crippen LogP contribution in [-0.2, 0) is 0 Å². The Kier molecular flexibility index (Phi) is 3.65. The summed E-state index contributed by atoms with van der Waals surface area (Å²) >= 11 is 0. The molecule has 0 radical (unpaired) electrons. The minimum absolute atomic E-state index is 0.563. The summed E-state index contributed by atoms with van der Waals surface area (Å²) < 4.78 is 0. The number of anilines is 1. The molecule has 0 aliphatic carbocycles. The van der Waals surface area contributed by atoms with E-state index in [4.69, 9.17) is 11.0 Å². The van der Waals surface area contributed by atoms with Crippen LogP contribution in [0.3, 0.4) is 0 Å². The Balaban J connectivity index is 2.03. The van der Waals surface area contributed by atoms with Crippen LogP contribution in [-0.4, -0.2) is 24.5 Å². The van der Waals surface area contributed by atoms with Crippen LogP contribution in [0.15, 0.2) is 18.2 Å². The van der Waals surface area contributed by atoms with Gasteiger partial charge in [-0.15, -0.1) is 0 Å². The van der Waals surface area contributed by atoms with Crippen molar-refractivity contribution in [3.63, 3.8) is 0 Å². The van der Waals surface area contributed by atoms with Gasteiger partial charge in [-0.25, -0.2) is 0 Å². The smallest absolute Gasteiger partial charge is 0.0865 e. The molecule has 17 heavy (non-hydrogen) atoms. The number of nitrogens with zero attached hydrogens (tertiary/aromatic N) is 2. The molecule has 2 N–H and O–H groups in total. The molecule has 0 aromatic heterocycles. The van der Waals surface area contributed by atoms with Crippen molar-refractivity contribution >= 4 is 5.69 Å². The number of hydrogen-bond donors (Lipinski definition) is 1. The Morgan fingerprint density at radius 2 is 2.12 bits per heavy atom. The van der Waals surface area contributed by atoms with Crippen LogP contribution in [0, 0.1) is 18.3 Å². The van der Waals surface area contributed by atoms with E-state index < -0.39 is 0 Å². The average molecular weight is 229 g/mol. The topological polar surface area (TPSA) is 53.0 Å². The highest BCUT2D eigenvalue weighted by atomic mass is 15.1. The third kappa shape index (κ3) is 2.78. The highest BCUT2D eigenvalue weighted by Crippen LogP contribution is 2.30. The molecule has 90 valence electrons. The quantitative estimate of drug-likeness (QED) is 0.625. The van der Waals surface area contributed by atoms with Crippen molar-refractivity contribution in [2.45, 2.75) is 25.7 Å². The van der Waals surface area contributed by atoms with Crippen molar-refractivity contribution in [1.82, 2.24) is 4.90 Å². The molecule has 0 bridgehead atoms. The average Bonchev–Trinajstić information content (AvgIpc) is 2.31. The summed E-state index contributed by atoms with van der Waals surface area (Å²) in [6.07, 6.45) is 2.29.